The second-order valence-electron chi connectivity index (χ2n) is 5.80. The molecule has 5 nitrogen and oxygen atoms in total. The van der Waals surface area contributed by atoms with Gasteiger partial charge in [0.15, 0.2) is 0 Å². The fourth-order valence-electron chi connectivity index (χ4n) is 2.98. The first-order valence-electron chi connectivity index (χ1n) is 7.98. The smallest absolute Gasteiger partial charge is 0.225 e. The quantitative estimate of drug-likeness (QED) is 0.838. The van der Waals surface area contributed by atoms with Gasteiger partial charge in [0.2, 0.25) is 5.91 Å². The number of aliphatic hydroxyl groups is 1. The summed E-state index contributed by atoms with van der Waals surface area (Å²) >= 11 is 5.96. The van der Waals surface area contributed by atoms with Crippen LogP contribution in [-0.4, -0.2) is 41.7 Å². The standard InChI is InChI=1S/C17H22ClN3O2/c18-16-11-14(5-4-13(16)12-19)20-17(23)6-9-21-8-2-1-3-15(21)7-10-22/h4-5,11,15,22H,1-3,6-10H2,(H,20,23). The van der Waals surface area contributed by atoms with Crippen molar-refractivity contribution in [2.24, 2.45) is 0 Å². The molecule has 1 saturated heterocycles. The lowest BCUT2D eigenvalue weighted by molar-refractivity contribution is -0.116. The number of likely N-dealkylation sites (tertiary alicyclic amines) is 1. The van der Waals surface area contributed by atoms with Crippen molar-refractivity contribution >= 4 is 23.2 Å². The lowest BCUT2D eigenvalue weighted by atomic mass is 9.99. The molecule has 1 unspecified atom stereocenters. The van der Waals surface area contributed by atoms with Gasteiger partial charge in [-0.1, -0.05) is 18.0 Å². The number of carbonyl (C=O) groups excluding carboxylic acids is 1. The number of aliphatic hydroxyl groups excluding tert-OH is 1. The molecule has 1 aromatic rings. The van der Waals surface area contributed by atoms with Gasteiger partial charge < -0.3 is 10.4 Å². The van der Waals surface area contributed by atoms with E-state index in [0.29, 0.717) is 35.3 Å². The van der Waals surface area contributed by atoms with Crippen molar-refractivity contribution < 1.29 is 9.90 Å². The topological polar surface area (TPSA) is 76.4 Å². The Bertz CT molecular complexity index is 584. The summed E-state index contributed by atoms with van der Waals surface area (Å²) in [6.45, 7) is 1.87. The van der Waals surface area contributed by atoms with Crippen molar-refractivity contribution in [1.82, 2.24) is 4.90 Å². The Balaban J connectivity index is 1.84. The van der Waals surface area contributed by atoms with Crippen molar-refractivity contribution in [3.8, 4) is 6.07 Å². The number of halogens is 1. The van der Waals surface area contributed by atoms with E-state index in [2.05, 4.69) is 10.2 Å². The zero-order valence-electron chi connectivity index (χ0n) is 13.1. The van der Waals surface area contributed by atoms with Gasteiger partial charge in [0.05, 0.1) is 10.6 Å². The third-order valence-electron chi connectivity index (χ3n) is 4.21. The predicted octanol–water partition coefficient (Wildman–Crippen LogP) is 2.78. The van der Waals surface area contributed by atoms with Gasteiger partial charge in [0.1, 0.15) is 6.07 Å². The molecule has 23 heavy (non-hydrogen) atoms. The first kappa shape index (κ1) is 17.7. The van der Waals surface area contributed by atoms with Crippen LogP contribution in [-0.2, 0) is 4.79 Å². The summed E-state index contributed by atoms with van der Waals surface area (Å²) in [5, 5.41) is 21.1. The SMILES string of the molecule is N#Cc1ccc(NC(=O)CCN2CCCCC2CCO)cc1Cl. The van der Waals surface area contributed by atoms with E-state index in [1.165, 1.54) is 6.42 Å². The molecule has 1 amide bonds. The Hall–Kier alpha value is -1.61. The summed E-state index contributed by atoms with van der Waals surface area (Å²) in [5.74, 6) is -0.0703. The number of piperidine rings is 1. The molecule has 0 aromatic heterocycles. The van der Waals surface area contributed by atoms with Gasteiger partial charge in [-0.05, 0) is 44.0 Å². The number of amides is 1. The van der Waals surface area contributed by atoms with Crippen molar-refractivity contribution in [3.63, 3.8) is 0 Å². The molecule has 0 spiro atoms. The van der Waals surface area contributed by atoms with E-state index < -0.39 is 0 Å². The average molecular weight is 336 g/mol. The van der Waals surface area contributed by atoms with Crippen LogP contribution in [0.25, 0.3) is 0 Å². The maximum Gasteiger partial charge on any atom is 0.225 e. The molecule has 0 bridgehead atoms. The second-order valence-corrected chi connectivity index (χ2v) is 6.21. The minimum absolute atomic E-state index is 0.0703. The Labute approximate surface area is 141 Å². The van der Waals surface area contributed by atoms with Crippen LogP contribution in [0.3, 0.4) is 0 Å². The lowest BCUT2D eigenvalue weighted by Crippen LogP contribution is -2.41. The van der Waals surface area contributed by atoms with Gasteiger partial charge in [-0.25, -0.2) is 0 Å². The molecule has 2 N–H and O–H groups in total. The number of rotatable bonds is 6. The first-order valence-corrected chi connectivity index (χ1v) is 8.36. The molecule has 2 rings (SSSR count). The molecule has 0 saturated carbocycles. The van der Waals surface area contributed by atoms with Crippen molar-refractivity contribution in [1.29, 1.82) is 5.26 Å². The minimum atomic E-state index is -0.0703. The summed E-state index contributed by atoms with van der Waals surface area (Å²) < 4.78 is 0. The normalized spacial score (nSPS) is 18.4. The summed E-state index contributed by atoms with van der Waals surface area (Å²) in [4.78, 5) is 14.4. The molecule has 124 valence electrons. The number of nitriles is 1. The van der Waals surface area contributed by atoms with Crippen LogP contribution in [0.2, 0.25) is 5.02 Å². The molecule has 1 heterocycles. The van der Waals surface area contributed by atoms with E-state index in [9.17, 15) is 4.79 Å². The molecule has 1 aliphatic rings. The first-order chi connectivity index (χ1) is 11.1. The molecular formula is C17H22ClN3O2. The fourth-order valence-corrected chi connectivity index (χ4v) is 3.21. The number of nitrogens with zero attached hydrogens (tertiary/aromatic N) is 2. The zero-order valence-corrected chi connectivity index (χ0v) is 13.9. The minimum Gasteiger partial charge on any atom is -0.396 e. The fraction of sp³-hybridized carbons (Fsp3) is 0.529. The Morgan fingerprint density at radius 3 is 3.00 bits per heavy atom. The zero-order chi connectivity index (χ0) is 16.7. The van der Waals surface area contributed by atoms with Gasteiger partial charge in [0, 0.05) is 31.3 Å². The molecule has 1 atom stereocenters. The summed E-state index contributed by atoms with van der Waals surface area (Å²) in [5.41, 5.74) is 0.995. The molecule has 0 aliphatic carbocycles. The van der Waals surface area contributed by atoms with Gasteiger partial charge in [-0.15, -0.1) is 0 Å². The summed E-state index contributed by atoms with van der Waals surface area (Å²) in [6.07, 6.45) is 4.60. The number of hydrogen-bond donors (Lipinski definition) is 2. The highest BCUT2D eigenvalue weighted by molar-refractivity contribution is 6.32. The molecule has 1 aromatic carbocycles. The summed E-state index contributed by atoms with van der Waals surface area (Å²) in [7, 11) is 0. The van der Waals surface area contributed by atoms with Crippen LogP contribution in [0.4, 0.5) is 5.69 Å². The van der Waals surface area contributed by atoms with Gasteiger partial charge >= 0.3 is 0 Å². The van der Waals surface area contributed by atoms with Gasteiger partial charge in [-0.2, -0.15) is 5.26 Å². The molecular weight excluding hydrogens is 314 g/mol. The van der Waals surface area contributed by atoms with E-state index in [1.54, 1.807) is 18.2 Å². The Morgan fingerprint density at radius 2 is 2.30 bits per heavy atom. The lowest BCUT2D eigenvalue weighted by Gasteiger charge is -2.35. The monoisotopic (exact) mass is 335 g/mol. The third kappa shape index (κ3) is 5.21. The van der Waals surface area contributed by atoms with Crippen LogP contribution in [0.15, 0.2) is 18.2 Å². The number of nitrogens with one attached hydrogen (secondary N) is 1. The average Bonchev–Trinajstić information content (AvgIpc) is 2.54. The highest BCUT2D eigenvalue weighted by atomic mass is 35.5. The number of carbonyl (C=O) groups is 1. The third-order valence-corrected chi connectivity index (χ3v) is 4.52. The van der Waals surface area contributed by atoms with Crippen LogP contribution < -0.4 is 5.32 Å². The molecule has 1 aliphatic heterocycles. The Kier molecular flexibility index (Phi) is 6.85. The van der Waals surface area contributed by atoms with Crippen molar-refractivity contribution in [2.75, 3.05) is 25.0 Å². The Morgan fingerprint density at radius 1 is 1.48 bits per heavy atom. The van der Waals surface area contributed by atoms with Crippen molar-refractivity contribution in [3.05, 3.63) is 28.8 Å². The molecule has 0 radical (unpaired) electrons. The van der Waals surface area contributed by atoms with E-state index >= 15 is 0 Å². The highest BCUT2D eigenvalue weighted by Crippen LogP contribution is 2.21. The van der Waals surface area contributed by atoms with Crippen LogP contribution in [0.5, 0.6) is 0 Å². The number of hydrogen-bond acceptors (Lipinski definition) is 4. The van der Waals surface area contributed by atoms with E-state index in [-0.39, 0.29) is 12.5 Å². The van der Waals surface area contributed by atoms with Gasteiger partial charge in [0.25, 0.3) is 0 Å². The molecule has 1 fully saturated rings. The van der Waals surface area contributed by atoms with Crippen LogP contribution >= 0.6 is 11.6 Å². The van der Waals surface area contributed by atoms with E-state index in [0.717, 1.165) is 25.8 Å². The van der Waals surface area contributed by atoms with Crippen LogP contribution in [0.1, 0.15) is 37.7 Å². The number of benzene rings is 1. The van der Waals surface area contributed by atoms with Gasteiger partial charge in [-0.3, -0.25) is 9.69 Å². The summed E-state index contributed by atoms with van der Waals surface area (Å²) in [6, 6.07) is 7.24. The maximum absolute atomic E-state index is 12.1. The second kappa shape index (κ2) is 8.88. The highest BCUT2D eigenvalue weighted by Gasteiger charge is 2.22. The largest absolute Gasteiger partial charge is 0.396 e. The van der Waals surface area contributed by atoms with E-state index in [1.807, 2.05) is 6.07 Å². The van der Waals surface area contributed by atoms with Crippen LogP contribution in [0, 0.1) is 11.3 Å². The van der Waals surface area contributed by atoms with E-state index in [4.69, 9.17) is 22.0 Å². The molecule has 6 heteroatoms. The predicted molar refractivity (Wildman–Crippen MR) is 90.3 cm³/mol. The number of anilines is 1. The van der Waals surface area contributed by atoms with Crippen molar-refractivity contribution in [2.45, 2.75) is 38.1 Å². The maximum atomic E-state index is 12.1.